The molecule has 1 rings (SSSR count). The third-order valence-electron chi connectivity index (χ3n) is 4.19. The normalized spacial score (nSPS) is 19.8. The molecule has 1 fully saturated rings. The van der Waals surface area contributed by atoms with E-state index in [1.807, 2.05) is 30.6 Å². The molecule has 0 saturated carbocycles. The largest absolute Gasteiger partial charge is 0.341 e. The zero-order valence-corrected chi connectivity index (χ0v) is 12.4. The Morgan fingerprint density at radius 3 is 2.21 bits per heavy atom. The van der Waals surface area contributed by atoms with Gasteiger partial charge in [0.15, 0.2) is 0 Å². The number of hydrogen-bond donors (Lipinski definition) is 1. The van der Waals surface area contributed by atoms with E-state index in [2.05, 4.69) is 0 Å². The molecule has 0 aromatic carbocycles. The van der Waals surface area contributed by atoms with E-state index in [4.69, 9.17) is 5.73 Å². The Kier molecular flexibility index (Phi) is 5.79. The van der Waals surface area contributed by atoms with E-state index in [0.717, 1.165) is 25.9 Å². The van der Waals surface area contributed by atoms with Crippen LogP contribution in [-0.4, -0.2) is 54.3 Å². The van der Waals surface area contributed by atoms with Crippen LogP contribution < -0.4 is 5.73 Å². The molecule has 0 aliphatic carbocycles. The van der Waals surface area contributed by atoms with Gasteiger partial charge in [0, 0.05) is 39.1 Å². The first-order chi connectivity index (χ1) is 8.98. The van der Waals surface area contributed by atoms with Gasteiger partial charge in [-0.25, -0.2) is 0 Å². The summed E-state index contributed by atoms with van der Waals surface area (Å²) >= 11 is 0. The molecule has 1 saturated heterocycles. The molecule has 0 spiro atoms. The molecule has 5 nitrogen and oxygen atoms in total. The summed E-state index contributed by atoms with van der Waals surface area (Å²) in [6.07, 6.45) is 2.13. The second kappa shape index (κ2) is 6.89. The van der Waals surface area contributed by atoms with Crippen molar-refractivity contribution in [2.24, 2.45) is 11.1 Å². The Balaban J connectivity index is 2.67. The monoisotopic (exact) mass is 269 g/mol. The molecular weight excluding hydrogens is 242 g/mol. The van der Waals surface area contributed by atoms with Gasteiger partial charge in [0.1, 0.15) is 0 Å². The highest BCUT2D eigenvalue weighted by Crippen LogP contribution is 2.23. The molecule has 110 valence electrons. The molecule has 1 unspecified atom stereocenters. The lowest BCUT2D eigenvalue weighted by Gasteiger charge is -2.32. The fourth-order valence-electron chi connectivity index (χ4n) is 2.36. The molecule has 2 amide bonds. The maximum Gasteiger partial charge on any atom is 0.229 e. The summed E-state index contributed by atoms with van der Waals surface area (Å²) in [6, 6.07) is 0. The van der Waals surface area contributed by atoms with Crippen LogP contribution in [0.3, 0.4) is 0 Å². The van der Waals surface area contributed by atoms with E-state index in [-0.39, 0.29) is 11.8 Å². The van der Waals surface area contributed by atoms with Crippen LogP contribution in [0.4, 0.5) is 0 Å². The zero-order chi connectivity index (χ0) is 14.5. The minimum atomic E-state index is -0.468. The van der Waals surface area contributed by atoms with Gasteiger partial charge in [-0.3, -0.25) is 9.59 Å². The summed E-state index contributed by atoms with van der Waals surface area (Å²) < 4.78 is 0. The fourth-order valence-corrected chi connectivity index (χ4v) is 2.36. The minimum Gasteiger partial charge on any atom is -0.341 e. The summed E-state index contributed by atoms with van der Waals surface area (Å²) in [4.78, 5) is 28.0. The average Bonchev–Trinajstić information content (AvgIpc) is 2.70. The van der Waals surface area contributed by atoms with Crippen LogP contribution >= 0.6 is 0 Å². The number of nitrogens with two attached hydrogens (primary N) is 1. The van der Waals surface area contributed by atoms with E-state index in [1.165, 1.54) is 0 Å². The van der Waals surface area contributed by atoms with Gasteiger partial charge >= 0.3 is 0 Å². The molecule has 1 aliphatic heterocycles. The summed E-state index contributed by atoms with van der Waals surface area (Å²) in [6.45, 7) is 8.91. The van der Waals surface area contributed by atoms with E-state index >= 15 is 0 Å². The van der Waals surface area contributed by atoms with Gasteiger partial charge in [-0.1, -0.05) is 13.8 Å². The Morgan fingerprint density at radius 2 is 1.68 bits per heavy atom. The quantitative estimate of drug-likeness (QED) is 0.822. The summed E-state index contributed by atoms with van der Waals surface area (Å²) in [5.74, 6) is 0.301. The SMILES string of the molecule is CCC(=O)N1CCCN(C(=O)C(C)(CC)CN)CC1. The van der Waals surface area contributed by atoms with E-state index in [9.17, 15) is 9.59 Å². The molecule has 0 aromatic rings. The average molecular weight is 269 g/mol. The highest BCUT2D eigenvalue weighted by Gasteiger charge is 2.34. The minimum absolute atomic E-state index is 0.128. The molecule has 2 N–H and O–H groups in total. The first kappa shape index (κ1) is 16.0. The van der Waals surface area contributed by atoms with E-state index < -0.39 is 5.41 Å². The lowest BCUT2D eigenvalue weighted by atomic mass is 9.86. The van der Waals surface area contributed by atoms with Gasteiger partial charge in [-0.2, -0.15) is 0 Å². The second-order valence-corrected chi connectivity index (χ2v) is 5.50. The first-order valence-corrected chi connectivity index (χ1v) is 7.25. The van der Waals surface area contributed by atoms with Crippen molar-refractivity contribution in [3.05, 3.63) is 0 Å². The van der Waals surface area contributed by atoms with Gasteiger partial charge < -0.3 is 15.5 Å². The maximum atomic E-state index is 12.5. The molecular formula is C14H27N3O2. The van der Waals surface area contributed by atoms with Crippen LogP contribution in [0.25, 0.3) is 0 Å². The highest BCUT2D eigenvalue weighted by molar-refractivity contribution is 5.83. The van der Waals surface area contributed by atoms with Crippen LogP contribution in [-0.2, 0) is 9.59 Å². The molecule has 0 bridgehead atoms. The van der Waals surface area contributed by atoms with E-state index in [1.54, 1.807) is 0 Å². The van der Waals surface area contributed by atoms with Crippen molar-refractivity contribution in [3.8, 4) is 0 Å². The maximum absolute atomic E-state index is 12.5. The molecule has 19 heavy (non-hydrogen) atoms. The van der Waals surface area contributed by atoms with Gasteiger partial charge in [-0.15, -0.1) is 0 Å². The van der Waals surface area contributed by atoms with Crippen LogP contribution in [0.15, 0.2) is 0 Å². The number of hydrogen-bond acceptors (Lipinski definition) is 3. The molecule has 0 aromatic heterocycles. The Bertz CT molecular complexity index is 327. The van der Waals surface area contributed by atoms with Crippen molar-refractivity contribution in [3.63, 3.8) is 0 Å². The van der Waals surface area contributed by atoms with Crippen molar-refractivity contribution in [2.45, 2.75) is 40.0 Å². The van der Waals surface area contributed by atoms with Crippen molar-refractivity contribution >= 4 is 11.8 Å². The summed E-state index contributed by atoms with van der Waals surface area (Å²) in [5, 5.41) is 0. The van der Waals surface area contributed by atoms with Crippen LogP contribution in [0.1, 0.15) is 40.0 Å². The van der Waals surface area contributed by atoms with Crippen LogP contribution in [0.5, 0.6) is 0 Å². The van der Waals surface area contributed by atoms with Crippen LogP contribution in [0.2, 0.25) is 0 Å². The molecule has 1 atom stereocenters. The molecule has 1 heterocycles. The van der Waals surface area contributed by atoms with Crippen molar-refractivity contribution in [1.82, 2.24) is 9.80 Å². The second-order valence-electron chi connectivity index (χ2n) is 5.50. The zero-order valence-electron chi connectivity index (χ0n) is 12.4. The van der Waals surface area contributed by atoms with Crippen molar-refractivity contribution < 1.29 is 9.59 Å². The molecule has 0 radical (unpaired) electrons. The van der Waals surface area contributed by atoms with Gasteiger partial charge in [0.25, 0.3) is 0 Å². The smallest absolute Gasteiger partial charge is 0.229 e. The summed E-state index contributed by atoms with van der Waals surface area (Å²) in [7, 11) is 0. The Hall–Kier alpha value is -1.10. The number of carbonyl (C=O) groups is 2. The highest BCUT2D eigenvalue weighted by atomic mass is 16.2. The standard InChI is InChI=1S/C14H27N3O2/c1-4-12(18)16-7-6-8-17(10-9-16)13(19)14(3,5-2)11-15/h4-11,15H2,1-3H3. The molecule has 1 aliphatic rings. The topological polar surface area (TPSA) is 66.6 Å². The summed E-state index contributed by atoms with van der Waals surface area (Å²) in [5.41, 5.74) is 5.28. The first-order valence-electron chi connectivity index (χ1n) is 7.25. The van der Waals surface area contributed by atoms with Gasteiger partial charge in [0.2, 0.25) is 11.8 Å². The number of nitrogens with zero attached hydrogens (tertiary/aromatic N) is 2. The third kappa shape index (κ3) is 3.69. The van der Waals surface area contributed by atoms with Gasteiger partial charge in [-0.05, 0) is 19.8 Å². The number of amides is 2. The molecule has 5 heteroatoms. The lowest BCUT2D eigenvalue weighted by molar-refractivity contribution is -0.141. The number of carbonyl (C=O) groups excluding carboxylic acids is 2. The lowest BCUT2D eigenvalue weighted by Crippen LogP contribution is -2.47. The fraction of sp³-hybridized carbons (Fsp3) is 0.857. The number of rotatable bonds is 4. The van der Waals surface area contributed by atoms with E-state index in [0.29, 0.717) is 26.1 Å². The Morgan fingerprint density at radius 1 is 1.11 bits per heavy atom. The van der Waals surface area contributed by atoms with Crippen molar-refractivity contribution in [2.75, 3.05) is 32.7 Å². The Labute approximate surface area is 116 Å². The van der Waals surface area contributed by atoms with Gasteiger partial charge in [0.05, 0.1) is 5.41 Å². The predicted molar refractivity (Wildman–Crippen MR) is 75.5 cm³/mol. The third-order valence-corrected chi connectivity index (χ3v) is 4.19. The van der Waals surface area contributed by atoms with Crippen LogP contribution in [0, 0.1) is 5.41 Å². The predicted octanol–water partition coefficient (Wildman–Crippen LogP) is 0.832. The van der Waals surface area contributed by atoms with Crippen molar-refractivity contribution in [1.29, 1.82) is 0 Å².